The molecular weight excluding hydrogens is 222 g/mol. The highest BCUT2D eigenvalue weighted by Gasteiger charge is 2.42. The lowest BCUT2D eigenvalue weighted by Gasteiger charge is -2.40. The van der Waals surface area contributed by atoms with Crippen LogP contribution >= 0.6 is 0 Å². The first-order valence-electron chi connectivity index (χ1n) is 7.83. The molecule has 0 heterocycles. The Bertz CT molecular complexity index is 293. The van der Waals surface area contributed by atoms with Gasteiger partial charge in [0.2, 0.25) is 0 Å². The number of rotatable bonds is 3. The van der Waals surface area contributed by atoms with E-state index in [0.29, 0.717) is 24.2 Å². The van der Waals surface area contributed by atoms with Gasteiger partial charge < -0.3 is 5.73 Å². The molecule has 0 amide bonds. The normalized spacial score (nSPS) is 36.3. The van der Waals surface area contributed by atoms with Crippen molar-refractivity contribution >= 4 is 5.78 Å². The van der Waals surface area contributed by atoms with Crippen molar-refractivity contribution in [3.63, 3.8) is 0 Å². The van der Waals surface area contributed by atoms with Crippen molar-refractivity contribution in [2.24, 2.45) is 28.9 Å². The van der Waals surface area contributed by atoms with E-state index in [1.807, 2.05) is 0 Å². The maximum Gasteiger partial charge on any atom is 0.143 e. The minimum Gasteiger partial charge on any atom is -0.329 e. The van der Waals surface area contributed by atoms with E-state index in [0.717, 1.165) is 31.6 Å². The van der Waals surface area contributed by atoms with E-state index >= 15 is 0 Å². The zero-order chi connectivity index (χ0) is 13.2. The van der Waals surface area contributed by atoms with Crippen molar-refractivity contribution in [2.45, 2.75) is 65.2 Å². The highest BCUT2D eigenvalue weighted by molar-refractivity contribution is 5.87. The molecule has 18 heavy (non-hydrogen) atoms. The minimum atomic E-state index is -0.150. The van der Waals surface area contributed by atoms with Gasteiger partial charge in [0.1, 0.15) is 5.78 Å². The molecule has 2 nitrogen and oxygen atoms in total. The van der Waals surface area contributed by atoms with Gasteiger partial charge in [-0.3, -0.25) is 4.79 Å². The lowest BCUT2D eigenvalue weighted by Crippen LogP contribution is -2.45. The molecule has 3 atom stereocenters. The maximum atomic E-state index is 12.9. The van der Waals surface area contributed by atoms with Gasteiger partial charge in [0, 0.05) is 17.9 Å². The van der Waals surface area contributed by atoms with E-state index < -0.39 is 0 Å². The SMILES string of the molecule is CC1CCC(C(=O)C2(CN)CCCCC2)CC1C. The number of Topliss-reactive ketones (excluding diaryl/α,β-unsaturated/α-hetero) is 1. The fourth-order valence-corrected chi connectivity index (χ4v) is 4.00. The number of carbonyl (C=O) groups is 1. The van der Waals surface area contributed by atoms with Crippen molar-refractivity contribution in [2.75, 3.05) is 6.54 Å². The Morgan fingerprint density at radius 2 is 1.78 bits per heavy atom. The number of hydrogen-bond donors (Lipinski definition) is 1. The topological polar surface area (TPSA) is 43.1 Å². The van der Waals surface area contributed by atoms with Crippen molar-refractivity contribution in [3.8, 4) is 0 Å². The summed E-state index contributed by atoms with van der Waals surface area (Å²) in [6, 6.07) is 0. The largest absolute Gasteiger partial charge is 0.329 e. The third-order valence-corrected chi connectivity index (χ3v) is 5.69. The minimum absolute atomic E-state index is 0.150. The molecule has 2 fully saturated rings. The zero-order valence-corrected chi connectivity index (χ0v) is 12.1. The third-order valence-electron chi connectivity index (χ3n) is 5.69. The average molecular weight is 251 g/mol. The maximum absolute atomic E-state index is 12.9. The molecule has 2 N–H and O–H groups in total. The molecule has 2 saturated carbocycles. The highest BCUT2D eigenvalue weighted by Crippen LogP contribution is 2.43. The molecular formula is C16H29NO. The summed E-state index contributed by atoms with van der Waals surface area (Å²) < 4.78 is 0. The average Bonchev–Trinajstić information content (AvgIpc) is 2.42. The Kier molecular flexibility index (Phi) is 4.47. The van der Waals surface area contributed by atoms with Gasteiger partial charge in [-0.2, -0.15) is 0 Å². The second kappa shape index (κ2) is 5.73. The molecule has 2 aliphatic rings. The second-order valence-electron chi connectivity index (χ2n) is 6.87. The number of hydrogen-bond acceptors (Lipinski definition) is 2. The molecule has 0 aromatic carbocycles. The van der Waals surface area contributed by atoms with Crippen LogP contribution < -0.4 is 5.73 Å². The van der Waals surface area contributed by atoms with Crippen molar-refractivity contribution < 1.29 is 4.79 Å². The Morgan fingerprint density at radius 3 is 2.33 bits per heavy atom. The van der Waals surface area contributed by atoms with Gasteiger partial charge in [-0.25, -0.2) is 0 Å². The van der Waals surface area contributed by atoms with E-state index in [4.69, 9.17) is 5.73 Å². The predicted octanol–water partition coefficient (Wildman–Crippen LogP) is 3.54. The summed E-state index contributed by atoms with van der Waals surface area (Å²) in [5, 5.41) is 0. The van der Waals surface area contributed by atoms with Gasteiger partial charge in [0.25, 0.3) is 0 Å². The first-order valence-corrected chi connectivity index (χ1v) is 7.83. The van der Waals surface area contributed by atoms with Crippen LogP contribution in [-0.4, -0.2) is 12.3 Å². The Morgan fingerprint density at radius 1 is 1.11 bits per heavy atom. The fourth-order valence-electron chi connectivity index (χ4n) is 4.00. The number of nitrogens with two attached hydrogens (primary N) is 1. The van der Waals surface area contributed by atoms with Crippen molar-refractivity contribution in [1.82, 2.24) is 0 Å². The molecule has 0 aliphatic heterocycles. The fraction of sp³-hybridized carbons (Fsp3) is 0.938. The monoisotopic (exact) mass is 251 g/mol. The summed E-state index contributed by atoms with van der Waals surface area (Å²) in [5.74, 6) is 2.31. The molecule has 0 aromatic rings. The van der Waals surface area contributed by atoms with Crippen LogP contribution in [0.15, 0.2) is 0 Å². The van der Waals surface area contributed by atoms with Gasteiger partial charge in [-0.05, 0) is 43.9 Å². The van der Waals surface area contributed by atoms with Crippen LogP contribution in [-0.2, 0) is 4.79 Å². The van der Waals surface area contributed by atoms with E-state index in [9.17, 15) is 4.79 Å². The van der Waals surface area contributed by atoms with E-state index in [-0.39, 0.29) is 5.41 Å². The first kappa shape index (κ1) is 14.0. The summed E-state index contributed by atoms with van der Waals surface area (Å²) in [6.45, 7) is 5.21. The predicted molar refractivity (Wildman–Crippen MR) is 75.2 cm³/mol. The summed E-state index contributed by atoms with van der Waals surface area (Å²) in [7, 11) is 0. The van der Waals surface area contributed by atoms with Crippen LogP contribution in [0, 0.1) is 23.2 Å². The van der Waals surface area contributed by atoms with E-state index in [1.165, 1.54) is 25.7 Å². The molecule has 0 saturated heterocycles. The van der Waals surface area contributed by atoms with E-state index in [1.54, 1.807) is 0 Å². The van der Waals surface area contributed by atoms with Crippen molar-refractivity contribution in [3.05, 3.63) is 0 Å². The molecule has 0 aromatic heterocycles. The summed E-state index contributed by atoms with van der Waals surface area (Å²) >= 11 is 0. The smallest absolute Gasteiger partial charge is 0.143 e. The lowest BCUT2D eigenvalue weighted by atomic mass is 9.64. The Labute approximate surface area is 112 Å². The van der Waals surface area contributed by atoms with Crippen LogP contribution in [0.2, 0.25) is 0 Å². The van der Waals surface area contributed by atoms with Gasteiger partial charge in [-0.15, -0.1) is 0 Å². The van der Waals surface area contributed by atoms with Gasteiger partial charge in [0.15, 0.2) is 0 Å². The third kappa shape index (κ3) is 2.64. The first-order chi connectivity index (χ1) is 8.59. The Balaban J connectivity index is 2.05. The molecule has 2 aliphatic carbocycles. The van der Waals surface area contributed by atoms with Crippen molar-refractivity contribution in [1.29, 1.82) is 0 Å². The molecule has 0 bridgehead atoms. The number of carbonyl (C=O) groups excluding carboxylic acids is 1. The molecule has 3 unspecified atom stereocenters. The van der Waals surface area contributed by atoms with Crippen LogP contribution in [0.5, 0.6) is 0 Å². The van der Waals surface area contributed by atoms with Gasteiger partial charge in [-0.1, -0.05) is 33.1 Å². The summed E-state index contributed by atoms with van der Waals surface area (Å²) in [5.41, 5.74) is 5.84. The lowest BCUT2D eigenvalue weighted by molar-refractivity contribution is -0.136. The number of ketones is 1. The van der Waals surface area contributed by atoms with Crippen LogP contribution in [0.4, 0.5) is 0 Å². The highest BCUT2D eigenvalue weighted by atomic mass is 16.1. The zero-order valence-electron chi connectivity index (χ0n) is 12.1. The van der Waals surface area contributed by atoms with Gasteiger partial charge >= 0.3 is 0 Å². The Hall–Kier alpha value is -0.370. The van der Waals surface area contributed by atoms with Crippen LogP contribution in [0.3, 0.4) is 0 Å². The summed E-state index contributed by atoms with van der Waals surface area (Å²) in [4.78, 5) is 12.9. The quantitative estimate of drug-likeness (QED) is 0.833. The molecule has 0 radical (unpaired) electrons. The summed E-state index contributed by atoms with van der Waals surface area (Å²) in [6.07, 6.45) is 9.19. The standard InChI is InChI=1S/C16H29NO/c1-12-6-7-14(10-13(12)2)15(18)16(11-17)8-4-3-5-9-16/h12-14H,3-11,17H2,1-2H3. The van der Waals surface area contributed by atoms with E-state index in [2.05, 4.69) is 13.8 Å². The second-order valence-corrected chi connectivity index (χ2v) is 6.87. The van der Waals surface area contributed by atoms with Crippen LogP contribution in [0.1, 0.15) is 65.2 Å². The van der Waals surface area contributed by atoms with Crippen LogP contribution in [0.25, 0.3) is 0 Å². The molecule has 2 rings (SSSR count). The molecule has 2 heteroatoms. The van der Waals surface area contributed by atoms with Gasteiger partial charge in [0.05, 0.1) is 0 Å². The molecule has 104 valence electrons. The molecule has 0 spiro atoms.